The normalized spacial score (nSPS) is 13.2. The molecule has 0 aliphatic rings. The van der Waals surface area contributed by atoms with Gasteiger partial charge in [0, 0.05) is 18.9 Å². The van der Waals surface area contributed by atoms with E-state index in [1.807, 2.05) is 6.07 Å². The van der Waals surface area contributed by atoms with E-state index >= 15 is 0 Å². The average Bonchev–Trinajstić information content (AvgIpc) is 2.99. The average molecular weight is 658 g/mol. The van der Waals surface area contributed by atoms with Crippen molar-refractivity contribution < 1.29 is 38.9 Å². The number of aromatic hydroxyl groups is 2. The number of esters is 1. The number of nitrogens with zero attached hydrogens (tertiary/aromatic N) is 1. The molecule has 0 bridgehead atoms. The number of hydrogen-bond acceptors (Lipinski definition) is 8. The minimum Gasteiger partial charge on any atom is -0.508 e. The molecule has 254 valence electrons. The van der Waals surface area contributed by atoms with Crippen molar-refractivity contribution in [2.45, 2.75) is 83.7 Å². The van der Waals surface area contributed by atoms with Crippen molar-refractivity contribution in [2.24, 2.45) is 0 Å². The smallest absolute Gasteiger partial charge is 0.408 e. The third-order valence-electron chi connectivity index (χ3n) is 6.75. The first kappa shape index (κ1) is 37.0. The summed E-state index contributed by atoms with van der Waals surface area (Å²) in [5.74, 6) is -2.42. The van der Waals surface area contributed by atoms with Crippen LogP contribution >= 0.6 is 0 Å². The van der Waals surface area contributed by atoms with E-state index in [1.165, 1.54) is 36.4 Å². The zero-order valence-corrected chi connectivity index (χ0v) is 28.0. The van der Waals surface area contributed by atoms with Gasteiger partial charge >= 0.3 is 12.1 Å². The fourth-order valence-electron chi connectivity index (χ4n) is 4.69. The molecular weight excluding hydrogens is 614 g/mol. The predicted octanol–water partition coefficient (Wildman–Crippen LogP) is 4.76. The number of amides is 3. The first-order valence-electron chi connectivity index (χ1n) is 15.4. The number of rotatable bonds is 11. The maximum absolute atomic E-state index is 14.3. The number of terminal acetylenes is 1. The zero-order valence-electron chi connectivity index (χ0n) is 28.0. The lowest BCUT2D eigenvalue weighted by molar-refractivity contribution is -0.159. The van der Waals surface area contributed by atoms with Crippen molar-refractivity contribution in [1.29, 1.82) is 0 Å². The Morgan fingerprint density at radius 3 is 1.75 bits per heavy atom. The van der Waals surface area contributed by atoms with Gasteiger partial charge in [0.15, 0.2) is 0 Å². The fourth-order valence-corrected chi connectivity index (χ4v) is 4.69. The van der Waals surface area contributed by atoms with Gasteiger partial charge in [0.25, 0.3) is 5.91 Å². The van der Waals surface area contributed by atoms with Gasteiger partial charge in [-0.2, -0.15) is 0 Å². The molecule has 0 saturated carbocycles. The summed E-state index contributed by atoms with van der Waals surface area (Å²) in [5.41, 5.74) is -0.206. The molecule has 0 aliphatic carbocycles. The van der Waals surface area contributed by atoms with Crippen LogP contribution < -0.4 is 10.6 Å². The Bertz CT molecular complexity index is 1600. The number of nitrogens with one attached hydrogen (secondary N) is 2. The van der Waals surface area contributed by atoms with E-state index < -0.39 is 53.2 Å². The Hall–Kier alpha value is -5.50. The topological polar surface area (TPSA) is 154 Å². The van der Waals surface area contributed by atoms with Crippen molar-refractivity contribution in [2.75, 3.05) is 0 Å². The number of phenols is 2. The van der Waals surface area contributed by atoms with Crippen molar-refractivity contribution >= 4 is 23.9 Å². The summed E-state index contributed by atoms with van der Waals surface area (Å²) in [7, 11) is 0. The molecule has 3 amide bonds. The highest BCUT2D eigenvalue weighted by Crippen LogP contribution is 2.26. The van der Waals surface area contributed by atoms with E-state index in [9.17, 15) is 29.4 Å². The second-order valence-electron chi connectivity index (χ2n) is 13.2. The van der Waals surface area contributed by atoms with E-state index in [0.717, 1.165) is 10.5 Å². The molecule has 0 heterocycles. The first-order valence-corrected chi connectivity index (χ1v) is 15.4. The molecule has 11 nitrogen and oxygen atoms in total. The number of phenolic OH excluding ortho intramolecular Hbond substituents is 2. The highest BCUT2D eigenvalue weighted by atomic mass is 16.6. The van der Waals surface area contributed by atoms with E-state index in [0.29, 0.717) is 5.56 Å². The summed E-state index contributed by atoms with van der Waals surface area (Å²) in [6.07, 6.45) is 5.03. The van der Waals surface area contributed by atoms with Gasteiger partial charge in [-0.3, -0.25) is 14.5 Å². The molecule has 0 spiro atoms. The molecule has 0 saturated heterocycles. The second-order valence-corrected chi connectivity index (χ2v) is 13.2. The van der Waals surface area contributed by atoms with Crippen LogP contribution in [-0.4, -0.2) is 62.3 Å². The molecule has 3 atom stereocenters. The Labute approximate surface area is 281 Å². The summed E-state index contributed by atoms with van der Waals surface area (Å²) >= 11 is 0. The number of alkyl carbamates (subject to hydrolysis) is 1. The van der Waals surface area contributed by atoms with Crippen LogP contribution in [0.5, 0.6) is 11.5 Å². The van der Waals surface area contributed by atoms with Gasteiger partial charge in [-0.05, 0) is 82.5 Å². The van der Waals surface area contributed by atoms with Crippen LogP contribution in [0.15, 0.2) is 78.9 Å². The lowest BCUT2D eigenvalue weighted by atomic mass is 9.99. The lowest BCUT2D eigenvalue weighted by Gasteiger charge is -2.32. The van der Waals surface area contributed by atoms with Crippen LogP contribution in [0.1, 0.15) is 64.3 Å². The van der Waals surface area contributed by atoms with Crippen LogP contribution in [0.4, 0.5) is 4.79 Å². The molecule has 0 fully saturated rings. The molecule has 3 rings (SSSR count). The number of benzene rings is 3. The summed E-state index contributed by atoms with van der Waals surface area (Å²) in [6, 6.07) is 18.8. The molecule has 3 unspecified atom stereocenters. The van der Waals surface area contributed by atoms with Crippen LogP contribution in [0.3, 0.4) is 0 Å². The van der Waals surface area contributed by atoms with Crippen molar-refractivity contribution in [1.82, 2.24) is 15.5 Å². The summed E-state index contributed by atoms with van der Waals surface area (Å²) in [4.78, 5) is 55.6. The number of ether oxygens (including phenoxy) is 2. The Morgan fingerprint density at radius 2 is 1.23 bits per heavy atom. The zero-order chi connectivity index (χ0) is 35.6. The van der Waals surface area contributed by atoms with Gasteiger partial charge in [0.05, 0.1) is 0 Å². The second kappa shape index (κ2) is 15.9. The standard InChI is InChI=1S/C37H43N3O8/c1-8-40(33(44)29(39-35(46)48-37(5,6)7)22-25-14-18-27(41)19-15-25)31(26-16-20-28(42)21-17-26)32(43)38-30(34(45)47-36(2,3)4)23-24-12-10-9-11-13-24/h1,9-21,29-31,41-42H,22-23H2,2-7H3,(H,38,43)(H,39,46). The lowest BCUT2D eigenvalue weighted by Crippen LogP contribution is -2.54. The summed E-state index contributed by atoms with van der Waals surface area (Å²) < 4.78 is 11.0. The SMILES string of the molecule is C#CN(C(=O)C(Cc1ccc(O)cc1)NC(=O)OC(C)(C)C)C(C(=O)NC(Cc1ccccc1)C(=O)OC(C)(C)C)c1ccc(O)cc1. The third kappa shape index (κ3) is 11.4. The maximum atomic E-state index is 14.3. The van der Waals surface area contributed by atoms with E-state index in [4.69, 9.17) is 15.9 Å². The highest BCUT2D eigenvalue weighted by molar-refractivity contribution is 5.95. The van der Waals surface area contributed by atoms with Crippen molar-refractivity contribution in [3.8, 4) is 24.0 Å². The molecule has 11 heteroatoms. The quantitative estimate of drug-likeness (QED) is 0.131. The molecule has 0 aliphatic heterocycles. The van der Waals surface area contributed by atoms with E-state index in [-0.39, 0.29) is 29.9 Å². The first-order chi connectivity index (χ1) is 22.5. The number of carbonyl (C=O) groups is 4. The maximum Gasteiger partial charge on any atom is 0.408 e. The van der Waals surface area contributed by atoms with Crippen LogP contribution in [-0.2, 0) is 36.7 Å². The van der Waals surface area contributed by atoms with Gasteiger partial charge in [-0.15, -0.1) is 0 Å². The minimum atomic E-state index is -1.51. The van der Waals surface area contributed by atoms with Crippen LogP contribution in [0.25, 0.3) is 0 Å². The minimum absolute atomic E-state index is 0.00564. The molecule has 48 heavy (non-hydrogen) atoms. The Kier molecular flexibility index (Phi) is 12.2. The molecule has 0 radical (unpaired) electrons. The third-order valence-corrected chi connectivity index (χ3v) is 6.75. The van der Waals surface area contributed by atoms with Gasteiger partial charge in [-0.1, -0.05) is 61.0 Å². The Morgan fingerprint density at radius 1 is 0.729 bits per heavy atom. The monoisotopic (exact) mass is 657 g/mol. The molecule has 0 aromatic heterocycles. The molecular formula is C37H43N3O8. The molecule has 3 aromatic carbocycles. The van der Waals surface area contributed by atoms with E-state index in [1.54, 1.807) is 77.9 Å². The van der Waals surface area contributed by atoms with Gasteiger partial charge < -0.3 is 30.3 Å². The number of carbonyl (C=O) groups excluding carboxylic acids is 4. The molecule has 3 aromatic rings. The largest absolute Gasteiger partial charge is 0.508 e. The highest BCUT2D eigenvalue weighted by Gasteiger charge is 2.38. The van der Waals surface area contributed by atoms with Gasteiger partial charge in [-0.25, -0.2) is 9.59 Å². The van der Waals surface area contributed by atoms with Crippen LogP contribution in [0, 0.1) is 12.5 Å². The Balaban J connectivity index is 2.04. The van der Waals surface area contributed by atoms with Crippen molar-refractivity contribution in [3.63, 3.8) is 0 Å². The fraction of sp³-hybridized carbons (Fsp3) is 0.351. The van der Waals surface area contributed by atoms with Crippen molar-refractivity contribution in [3.05, 3.63) is 95.6 Å². The predicted molar refractivity (Wildman–Crippen MR) is 179 cm³/mol. The van der Waals surface area contributed by atoms with Gasteiger partial charge in [0.2, 0.25) is 5.91 Å². The molecule has 4 N–H and O–H groups in total. The number of hydrogen-bond donors (Lipinski definition) is 4. The van der Waals surface area contributed by atoms with E-state index in [2.05, 4.69) is 16.7 Å². The van der Waals surface area contributed by atoms with Crippen LogP contribution in [0.2, 0.25) is 0 Å². The van der Waals surface area contributed by atoms with Gasteiger partial charge in [0.1, 0.15) is 40.8 Å². The summed E-state index contributed by atoms with van der Waals surface area (Å²) in [5, 5.41) is 25.0. The summed E-state index contributed by atoms with van der Waals surface area (Å²) in [6.45, 7) is 10.1.